The van der Waals surface area contributed by atoms with E-state index in [1.54, 1.807) is 0 Å². The zero-order valence-electron chi connectivity index (χ0n) is 12.2. The van der Waals surface area contributed by atoms with Gasteiger partial charge in [-0.1, -0.05) is 24.3 Å². The number of hydrogen-bond acceptors (Lipinski definition) is 2. The molecule has 2 heteroatoms. The standard InChI is InChI=1S/C17H24N2/c1-17(2,3)18-13-7-6-9-15-12-11-14-8-4-5-10-16(14)19-15/h4-5,8,10-12,18H,6-7,9,13H2,1-3H3. The first-order chi connectivity index (χ1) is 9.04. The van der Waals surface area contributed by atoms with Gasteiger partial charge in [0, 0.05) is 16.6 Å². The first kappa shape index (κ1) is 14.0. The number of aromatic nitrogens is 1. The van der Waals surface area contributed by atoms with Crippen molar-refractivity contribution in [2.75, 3.05) is 6.54 Å². The molecule has 0 aliphatic rings. The number of hydrogen-bond donors (Lipinski definition) is 1. The number of aryl methyl sites for hydroxylation is 1. The van der Waals surface area contributed by atoms with E-state index in [0.717, 1.165) is 18.5 Å². The molecule has 0 atom stereocenters. The van der Waals surface area contributed by atoms with E-state index in [0.29, 0.717) is 0 Å². The molecule has 0 aliphatic carbocycles. The molecule has 0 radical (unpaired) electrons. The van der Waals surface area contributed by atoms with Crippen molar-refractivity contribution in [3.63, 3.8) is 0 Å². The van der Waals surface area contributed by atoms with Crippen LogP contribution >= 0.6 is 0 Å². The number of benzene rings is 1. The van der Waals surface area contributed by atoms with Gasteiger partial charge in [-0.05, 0) is 58.7 Å². The lowest BCUT2D eigenvalue weighted by Gasteiger charge is -2.20. The van der Waals surface area contributed by atoms with E-state index in [-0.39, 0.29) is 5.54 Å². The highest BCUT2D eigenvalue weighted by molar-refractivity contribution is 5.78. The van der Waals surface area contributed by atoms with Crippen LogP contribution in [-0.4, -0.2) is 17.1 Å². The van der Waals surface area contributed by atoms with Gasteiger partial charge in [0.15, 0.2) is 0 Å². The van der Waals surface area contributed by atoms with Crippen molar-refractivity contribution in [1.29, 1.82) is 0 Å². The van der Waals surface area contributed by atoms with E-state index in [1.807, 2.05) is 6.07 Å². The molecule has 0 unspecified atom stereocenters. The molecule has 0 spiro atoms. The lowest BCUT2D eigenvalue weighted by Crippen LogP contribution is -2.36. The maximum absolute atomic E-state index is 4.70. The summed E-state index contributed by atoms with van der Waals surface area (Å²) in [4.78, 5) is 4.70. The molecule has 1 aromatic carbocycles. The van der Waals surface area contributed by atoms with Crippen molar-refractivity contribution in [3.05, 3.63) is 42.1 Å². The Morgan fingerprint density at radius 3 is 2.58 bits per heavy atom. The molecule has 0 amide bonds. The molecule has 0 saturated carbocycles. The second kappa shape index (κ2) is 6.16. The van der Waals surface area contributed by atoms with E-state index in [9.17, 15) is 0 Å². The van der Waals surface area contributed by atoms with Gasteiger partial charge in [0.2, 0.25) is 0 Å². The van der Waals surface area contributed by atoms with Crippen LogP contribution in [0.25, 0.3) is 10.9 Å². The number of rotatable bonds is 5. The molecule has 2 aromatic rings. The maximum Gasteiger partial charge on any atom is 0.0705 e. The highest BCUT2D eigenvalue weighted by Crippen LogP contribution is 2.13. The third kappa shape index (κ3) is 4.64. The van der Waals surface area contributed by atoms with Crippen LogP contribution < -0.4 is 5.32 Å². The van der Waals surface area contributed by atoms with Gasteiger partial charge in [0.05, 0.1) is 5.52 Å². The number of nitrogens with one attached hydrogen (secondary N) is 1. The Bertz CT molecular complexity index is 526. The van der Waals surface area contributed by atoms with Crippen LogP contribution in [0, 0.1) is 0 Å². The number of pyridine rings is 1. The Morgan fingerprint density at radius 2 is 1.79 bits per heavy atom. The Kier molecular flexibility index (Phi) is 4.54. The highest BCUT2D eigenvalue weighted by Gasteiger charge is 2.07. The van der Waals surface area contributed by atoms with Crippen LogP contribution in [0.5, 0.6) is 0 Å². The monoisotopic (exact) mass is 256 g/mol. The summed E-state index contributed by atoms with van der Waals surface area (Å²) in [7, 11) is 0. The SMILES string of the molecule is CC(C)(C)NCCCCc1ccc2ccccc2n1. The van der Waals surface area contributed by atoms with Gasteiger partial charge < -0.3 is 5.32 Å². The lowest BCUT2D eigenvalue weighted by molar-refractivity contribution is 0.418. The van der Waals surface area contributed by atoms with Gasteiger partial charge in [-0.3, -0.25) is 4.98 Å². The van der Waals surface area contributed by atoms with Crippen molar-refractivity contribution in [2.24, 2.45) is 0 Å². The summed E-state index contributed by atoms with van der Waals surface area (Å²) >= 11 is 0. The summed E-state index contributed by atoms with van der Waals surface area (Å²) in [6, 6.07) is 12.6. The Morgan fingerprint density at radius 1 is 1.00 bits per heavy atom. The smallest absolute Gasteiger partial charge is 0.0705 e. The molecule has 1 N–H and O–H groups in total. The van der Waals surface area contributed by atoms with Crippen molar-refractivity contribution in [3.8, 4) is 0 Å². The Balaban J connectivity index is 1.82. The molecule has 0 aliphatic heterocycles. The summed E-state index contributed by atoms with van der Waals surface area (Å²) < 4.78 is 0. The molecule has 0 bridgehead atoms. The first-order valence-corrected chi connectivity index (χ1v) is 7.14. The summed E-state index contributed by atoms with van der Waals surface area (Å²) in [6.45, 7) is 7.70. The fourth-order valence-corrected chi connectivity index (χ4v) is 2.14. The largest absolute Gasteiger partial charge is 0.312 e. The minimum atomic E-state index is 0.223. The molecular weight excluding hydrogens is 232 g/mol. The topological polar surface area (TPSA) is 24.9 Å². The second-order valence-corrected chi connectivity index (χ2v) is 6.13. The molecular formula is C17H24N2. The van der Waals surface area contributed by atoms with Crippen molar-refractivity contribution >= 4 is 10.9 Å². The maximum atomic E-state index is 4.70. The van der Waals surface area contributed by atoms with Gasteiger partial charge in [-0.2, -0.15) is 0 Å². The van der Waals surface area contributed by atoms with Gasteiger partial charge in [-0.15, -0.1) is 0 Å². The van der Waals surface area contributed by atoms with Crippen LogP contribution in [0.15, 0.2) is 36.4 Å². The quantitative estimate of drug-likeness (QED) is 0.819. The molecule has 0 saturated heterocycles. The van der Waals surface area contributed by atoms with E-state index >= 15 is 0 Å². The summed E-state index contributed by atoms with van der Waals surface area (Å²) in [5, 5.41) is 4.74. The molecule has 19 heavy (non-hydrogen) atoms. The Hall–Kier alpha value is -1.41. The average Bonchev–Trinajstić information content (AvgIpc) is 2.37. The zero-order valence-corrected chi connectivity index (χ0v) is 12.2. The minimum absolute atomic E-state index is 0.223. The van der Waals surface area contributed by atoms with E-state index < -0.39 is 0 Å². The molecule has 1 aromatic heterocycles. The molecule has 102 valence electrons. The van der Waals surface area contributed by atoms with Crippen molar-refractivity contribution in [2.45, 2.75) is 45.6 Å². The summed E-state index contributed by atoms with van der Waals surface area (Å²) in [5.74, 6) is 0. The normalized spacial score (nSPS) is 11.9. The Labute approximate surface area is 116 Å². The van der Waals surface area contributed by atoms with Gasteiger partial charge in [0.25, 0.3) is 0 Å². The predicted octanol–water partition coefficient (Wildman–Crippen LogP) is 3.95. The fraction of sp³-hybridized carbons (Fsp3) is 0.471. The van der Waals surface area contributed by atoms with Crippen LogP contribution in [0.2, 0.25) is 0 Å². The van der Waals surface area contributed by atoms with Gasteiger partial charge >= 0.3 is 0 Å². The summed E-state index contributed by atoms with van der Waals surface area (Å²) in [5.41, 5.74) is 2.53. The van der Waals surface area contributed by atoms with E-state index in [2.05, 4.69) is 56.4 Å². The molecule has 0 fully saturated rings. The van der Waals surface area contributed by atoms with Gasteiger partial charge in [0.1, 0.15) is 0 Å². The fourth-order valence-electron chi connectivity index (χ4n) is 2.14. The summed E-state index contributed by atoms with van der Waals surface area (Å²) in [6.07, 6.45) is 3.46. The van der Waals surface area contributed by atoms with Crippen LogP contribution in [-0.2, 0) is 6.42 Å². The molecule has 1 heterocycles. The van der Waals surface area contributed by atoms with Gasteiger partial charge in [-0.25, -0.2) is 0 Å². The van der Waals surface area contributed by atoms with Crippen LogP contribution in [0.1, 0.15) is 39.3 Å². The van der Waals surface area contributed by atoms with E-state index in [1.165, 1.54) is 23.9 Å². The number of para-hydroxylation sites is 1. The highest BCUT2D eigenvalue weighted by atomic mass is 14.9. The van der Waals surface area contributed by atoms with Crippen molar-refractivity contribution in [1.82, 2.24) is 10.3 Å². The number of nitrogens with zero attached hydrogens (tertiary/aromatic N) is 1. The predicted molar refractivity (Wildman–Crippen MR) is 82.4 cm³/mol. The molecule has 2 rings (SSSR count). The van der Waals surface area contributed by atoms with Crippen LogP contribution in [0.3, 0.4) is 0 Å². The van der Waals surface area contributed by atoms with Crippen molar-refractivity contribution < 1.29 is 0 Å². The average molecular weight is 256 g/mol. The number of fused-ring (bicyclic) bond motifs is 1. The molecule has 2 nitrogen and oxygen atoms in total. The van der Waals surface area contributed by atoms with E-state index in [4.69, 9.17) is 4.98 Å². The minimum Gasteiger partial charge on any atom is -0.312 e. The zero-order chi connectivity index (χ0) is 13.7. The first-order valence-electron chi connectivity index (χ1n) is 7.14. The van der Waals surface area contributed by atoms with Crippen LogP contribution in [0.4, 0.5) is 0 Å². The lowest BCUT2D eigenvalue weighted by atomic mass is 10.1. The third-order valence-electron chi connectivity index (χ3n) is 3.17. The second-order valence-electron chi connectivity index (χ2n) is 6.13. The number of unbranched alkanes of at least 4 members (excludes halogenated alkanes) is 1. The third-order valence-corrected chi connectivity index (χ3v) is 3.17.